The van der Waals surface area contributed by atoms with E-state index in [1.807, 2.05) is 105 Å². The van der Waals surface area contributed by atoms with E-state index in [0.717, 1.165) is 35.5 Å². The first kappa shape index (κ1) is 30.8. The summed E-state index contributed by atoms with van der Waals surface area (Å²) in [5.41, 5.74) is 3.99. The summed E-state index contributed by atoms with van der Waals surface area (Å²) in [4.78, 5) is 3.89. The van der Waals surface area contributed by atoms with E-state index in [-0.39, 0.29) is 5.56 Å². The molecule has 0 aliphatic carbocycles. The Kier molecular flexibility index (Phi) is 6.97. The van der Waals surface area contributed by atoms with Crippen LogP contribution in [-0.4, -0.2) is 34.9 Å². The van der Waals surface area contributed by atoms with Gasteiger partial charge in [-0.1, -0.05) is 89.2 Å². The molecule has 0 radical (unpaired) electrons. The number of hydrogen-bond acceptors (Lipinski definition) is 3. The molecule has 2 aliphatic heterocycles. The number of hydrogen-bond donors (Lipinski definition) is 0. The molecule has 0 bridgehead atoms. The fraction of sp³-hybridized carbons (Fsp3) is 0.211. The lowest BCUT2D eigenvalue weighted by atomic mass is 9.30. The summed E-state index contributed by atoms with van der Waals surface area (Å²) >= 11 is 0. The van der Waals surface area contributed by atoms with Crippen LogP contribution < -0.4 is 30.9 Å². The number of halogens is 5. The van der Waals surface area contributed by atoms with Gasteiger partial charge in [-0.25, -0.2) is 8.78 Å². The Balaban J connectivity index is 1.68. The van der Waals surface area contributed by atoms with Crippen LogP contribution >= 0.6 is 0 Å². The number of benzene rings is 5. The van der Waals surface area contributed by atoms with Crippen molar-refractivity contribution in [3.05, 3.63) is 137 Å². The molecule has 238 valence electrons. The normalized spacial score (nSPS) is 14.5. The Bertz CT molecular complexity index is 1890. The zero-order valence-corrected chi connectivity index (χ0v) is 26.6. The standard InChI is InChI=1S/C38H32BF5N2O/c1-36(40,41)23-11-15-28-32(19-23)39(25-9-7-6-8-10-25)33-20-24(38(42,43)44)12-16-29(33)37(28)30-17-13-26(45(2)3)21-34(30)47-35-22-27(46(4)5)14-18-31(35)37/h6-22H,1-5H3. The van der Waals surface area contributed by atoms with Gasteiger partial charge in [-0.15, -0.1) is 0 Å². The van der Waals surface area contributed by atoms with Crippen LogP contribution in [0.3, 0.4) is 0 Å². The topological polar surface area (TPSA) is 15.7 Å². The van der Waals surface area contributed by atoms with Crippen molar-refractivity contribution in [2.45, 2.75) is 24.4 Å². The first-order chi connectivity index (χ1) is 22.2. The van der Waals surface area contributed by atoms with E-state index in [0.29, 0.717) is 39.0 Å². The van der Waals surface area contributed by atoms with Gasteiger partial charge in [-0.3, -0.25) is 0 Å². The maximum atomic E-state index is 15.0. The molecule has 0 N–H and O–H groups in total. The Hall–Kier alpha value is -4.79. The number of nitrogens with zero attached hydrogens (tertiary/aromatic N) is 2. The van der Waals surface area contributed by atoms with Crippen LogP contribution in [-0.2, 0) is 17.5 Å². The average Bonchev–Trinajstić information content (AvgIpc) is 3.03. The smallest absolute Gasteiger partial charge is 0.416 e. The van der Waals surface area contributed by atoms with Crippen molar-refractivity contribution >= 4 is 34.5 Å². The van der Waals surface area contributed by atoms with Crippen LogP contribution in [0.15, 0.2) is 103 Å². The Labute approximate surface area is 271 Å². The van der Waals surface area contributed by atoms with Crippen molar-refractivity contribution in [2.75, 3.05) is 38.0 Å². The third-order valence-corrected chi connectivity index (χ3v) is 9.49. The minimum absolute atomic E-state index is 0.207. The van der Waals surface area contributed by atoms with E-state index in [2.05, 4.69) is 0 Å². The fourth-order valence-corrected chi connectivity index (χ4v) is 7.26. The molecule has 7 rings (SSSR count). The molecular formula is C38H32BF5N2O. The molecule has 0 saturated carbocycles. The van der Waals surface area contributed by atoms with Gasteiger partial charge in [0.1, 0.15) is 11.5 Å². The SMILES string of the molecule is CN(C)c1ccc2c(c1)Oc1cc(N(C)C)ccc1C21c2ccc(C(C)(F)F)cc2B(c2ccccc2)c2cc(C(F)(F)F)ccc21. The molecule has 0 unspecified atom stereocenters. The summed E-state index contributed by atoms with van der Waals surface area (Å²) in [5, 5.41) is 0. The number of anilines is 2. The summed E-state index contributed by atoms with van der Waals surface area (Å²) < 4.78 is 80.0. The molecular weight excluding hydrogens is 606 g/mol. The quantitative estimate of drug-likeness (QED) is 0.149. The van der Waals surface area contributed by atoms with Crippen molar-refractivity contribution in [2.24, 2.45) is 0 Å². The van der Waals surface area contributed by atoms with Crippen molar-refractivity contribution < 1.29 is 26.7 Å². The summed E-state index contributed by atoms with van der Waals surface area (Å²) in [5.74, 6) is -2.09. The van der Waals surface area contributed by atoms with Crippen molar-refractivity contribution in [3.8, 4) is 11.5 Å². The lowest BCUT2D eigenvalue weighted by Gasteiger charge is -2.48. The second-order valence-electron chi connectivity index (χ2n) is 12.8. The van der Waals surface area contributed by atoms with Crippen LogP contribution in [0.25, 0.3) is 0 Å². The van der Waals surface area contributed by atoms with E-state index < -0.39 is 29.8 Å². The molecule has 2 heterocycles. The number of fused-ring (bicyclic) bond motifs is 8. The maximum absolute atomic E-state index is 15.0. The number of rotatable bonds is 4. The minimum Gasteiger partial charge on any atom is -0.457 e. The summed E-state index contributed by atoms with van der Waals surface area (Å²) in [6, 6.07) is 29.3. The van der Waals surface area contributed by atoms with E-state index in [1.54, 1.807) is 12.1 Å². The van der Waals surface area contributed by atoms with Crippen LogP contribution in [0.5, 0.6) is 11.5 Å². The highest BCUT2D eigenvalue weighted by molar-refractivity contribution is 6.96. The Morgan fingerprint density at radius 2 is 1.04 bits per heavy atom. The average molecular weight is 638 g/mol. The van der Waals surface area contributed by atoms with Gasteiger partial charge in [0.25, 0.3) is 5.92 Å². The Morgan fingerprint density at radius 1 is 0.574 bits per heavy atom. The summed E-state index contributed by atoms with van der Waals surface area (Å²) in [6.07, 6.45) is -4.62. The summed E-state index contributed by atoms with van der Waals surface area (Å²) in [6.45, 7) is 0.0961. The molecule has 0 atom stereocenters. The van der Waals surface area contributed by atoms with E-state index in [1.165, 1.54) is 18.2 Å². The molecule has 2 aliphatic rings. The van der Waals surface area contributed by atoms with Gasteiger partial charge in [-0.2, -0.15) is 13.2 Å². The molecule has 9 heteroatoms. The van der Waals surface area contributed by atoms with E-state index in [9.17, 15) is 13.2 Å². The highest BCUT2D eigenvalue weighted by atomic mass is 19.4. The molecule has 5 aromatic rings. The lowest BCUT2D eigenvalue weighted by molar-refractivity contribution is -0.137. The molecule has 47 heavy (non-hydrogen) atoms. The lowest BCUT2D eigenvalue weighted by Crippen LogP contribution is -2.62. The first-order valence-corrected chi connectivity index (χ1v) is 15.3. The van der Waals surface area contributed by atoms with Crippen molar-refractivity contribution in [1.82, 2.24) is 0 Å². The van der Waals surface area contributed by atoms with E-state index >= 15 is 8.78 Å². The highest BCUT2D eigenvalue weighted by Gasteiger charge is 2.53. The molecule has 1 spiro atoms. The van der Waals surface area contributed by atoms with Gasteiger partial charge >= 0.3 is 6.18 Å². The van der Waals surface area contributed by atoms with Crippen LogP contribution in [0.2, 0.25) is 0 Å². The molecule has 5 aromatic carbocycles. The third kappa shape index (κ3) is 4.77. The second-order valence-corrected chi connectivity index (χ2v) is 12.8. The zero-order valence-electron chi connectivity index (χ0n) is 26.6. The fourth-order valence-electron chi connectivity index (χ4n) is 7.26. The molecule has 0 amide bonds. The van der Waals surface area contributed by atoms with Gasteiger partial charge in [0.05, 0.1) is 11.0 Å². The first-order valence-electron chi connectivity index (χ1n) is 15.3. The van der Waals surface area contributed by atoms with Crippen LogP contribution in [0.1, 0.15) is 40.3 Å². The van der Waals surface area contributed by atoms with Gasteiger partial charge in [0.2, 0.25) is 6.71 Å². The van der Waals surface area contributed by atoms with Crippen molar-refractivity contribution in [3.63, 3.8) is 0 Å². The second kappa shape index (κ2) is 10.6. The summed E-state index contributed by atoms with van der Waals surface area (Å²) in [7, 11) is 7.66. The van der Waals surface area contributed by atoms with Crippen LogP contribution in [0.4, 0.5) is 33.3 Å². The third-order valence-electron chi connectivity index (χ3n) is 9.49. The highest BCUT2D eigenvalue weighted by Crippen LogP contribution is 2.57. The Morgan fingerprint density at radius 3 is 1.51 bits per heavy atom. The monoisotopic (exact) mass is 638 g/mol. The van der Waals surface area contributed by atoms with Gasteiger partial charge in [0, 0.05) is 75.3 Å². The van der Waals surface area contributed by atoms with Gasteiger partial charge < -0.3 is 14.5 Å². The largest absolute Gasteiger partial charge is 0.457 e. The zero-order chi connectivity index (χ0) is 33.5. The number of alkyl halides is 5. The minimum atomic E-state index is -4.62. The van der Waals surface area contributed by atoms with Crippen LogP contribution in [0, 0.1) is 0 Å². The van der Waals surface area contributed by atoms with Gasteiger partial charge in [-0.05, 0) is 29.3 Å². The van der Waals surface area contributed by atoms with Gasteiger partial charge in [0.15, 0.2) is 0 Å². The molecule has 0 saturated heterocycles. The number of ether oxygens (including phenoxy) is 1. The molecule has 0 fully saturated rings. The molecule has 3 nitrogen and oxygen atoms in total. The maximum Gasteiger partial charge on any atom is 0.416 e. The predicted octanol–water partition coefficient (Wildman–Crippen LogP) is 7.27. The molecule has 0 aromatic heterocycles. The van der Waals surface area contributed by atoms with Crippen molar-refractivity contribution in [1.29, 1.82) is 0 Å². The predicted molar refractivity (Wildman–Crippen MR) is 179 cm³/mol. The van der Waals surface area contributed by atoms with E-state index in [4.69, 9.17) is 4.74 Å².